The maximum atomic E-state index is 12.0. The third kappa shape index (κ3) is 1.30. The average molecular weight is 247 g/mol. The van der Waals surface area contributed by atoms with E-state index in [1.165, 1.54) is 11.0 Å². The van der Waals surface area contributed by atoms with E-state index in [0.717, 1.165) is 0 Å². The molecular formula is C13H13NO4. The molecule has 1 aromatic heterocycles. The second-order valence-electron chi connectivity index (χ2n) is 5.46. The molecule has 2 amide bonds. The van der Waals surface area contributed by atoms with Gasteiger partial charge >= 0.3 is 0 Å². The lowest BCUT2D eigenvalue weighted by molar-refractivity contribution is -0.144. The molecular weight excluding hydrogens is 234 g/mol. The summed E-state index contributed by atoms with van der Waals surface area (Å²) in [6.45, 7) is 3.99. The third-order valence-corrected chi connectivity index (χ3v) is 4.00. The Kier molecular flexibility index (Phi) is 2.06. The van der Waals surface area contributed by atoms with E-state index in [1.54, 1.807) is 6.07 Å². The van der Waals surface area contributed by atoms with Gasteiger partial charge in [0.25, 0.3) is 0 Å². The minimum atomic E-state index is -0.193. The first kappa shape index (κ1) is 11.2. The van der Waals surface area contributed by atoms with Crippen molar-refractivity contribution in [3.8, 4) is 0 Å². The van der Waals surface area contributed by atoms with Gasteiger partial charge in [0.1, 0.15) is 5.76 Å². The first-order valence-electron chi connectivity index (χ1n) is 5.86. The Labute approximate surface area is 104 Å². The van der Waals surface area contributed by atoms with Crippen LogP contribution in [0.2, 0.25) is 0 Å². The number of carbonyl (C=O) groups is 3. The van der Waals surface area contributed by atoms with Crippen LogP contribution < -0.4 is 0 Å². The maximum absolute atomic E-state index is 12.0. The number of hydrogen-bond donors (Lipinski definition) is 0. The van der Waals surface area contributed by atoms with Gasteiger partial charge in [0.05, 0.1) is 18.4 Å². The van der Waals surface area contributed by atoms with Crippen LogP contribution in [0.1, 0.15) is 30.2 Å². The van der Waals surface area contributed by atoms with Gasteiger partial charge in [-0.1, -0.05) is 13.8 Å². The van der Waals surface area contributed by atoms with Gasteiger partial charge < -0.3 is 4.42 Å². The molecule has 2 aliphatic rings. The Morgan fingerprint density at radius 1 is 1.28 bits per heavy atom. The molecule has 0 N–H and O–H groups in total. The van der Waals surface area contributed by atoms with Crippen molar-refractivity contribution in [2.24, 2.45) is 17.3 Å². The number of piperidine rings is 1. The highest BCUT2D eigenvalue weighted by Crippen LogP contribution is 2.63. The molecule has 3 rings (SSSR count). The van der Waals surface area contributed by atoms with Crippen LogP contribution in [0, 0.1) is 17.3 Å². The fraction of sp³-hybridized carbons (Fsp3) is 0.462. The van der Waals surface area contributed by atoms with E-state index in [-0.39, 0.29) is 41.4 Å². The standard InChI is InChI=1S/C13H13NO4/c1-13(2)9-10(13)12(17)14(11(9)16)5-7-3-4-8(6-15)18-7/h3-4,6,9-10H,5H2,1-2H3. The zero-order valence-electron chi connectivity index (χ0n) is 10.2. The SMILES string of the molecule is CC1(C)C2C(=O)N(Cc3ccc(C=O)o3)C(=O)C21. The van der Waals surface area contributed by atoms with Crippen molar-refractivity contribution in [3.05, 3.63) is 23.7 Å². The van der Waals surface area contributed by atoms with Gasteiger partial charge in [-0.05, 0) is 17.5 Å². The van der Waals surface area contributed by atoms with Crippen molar-refractivity contribution in [2.45, 2.75) is 20.4 Å². The summed E-state index contributed by atoms with van der Waals surface area (Å²) >= 11 is 0. The highest BCUT2D eigenvalue weighted by Gasteiger charge is 2.72. The van der Waals surface area contributed by atoms with Crippen LogP contribution in [0.5, 0.6) is 0 Å². The summed E-state index contributed by atoms with van der Waals surface area (Å²) in [5, 5.41) is 0. The second-order valence-corrected chi connectivity index (χ2v) is 5.46. The van der Waals surface area contributed by atoms with Gasteiger partial charge in [0, 0.05) is 0 Å². The molecule has 0 bridgehead atoms. The molecule has 1 saturated carbocycles. The van der Waals surface area contributed by atoms with E-state index < -0.39 is 0 Å². The predicted octanol–water partition coefficient (Wildman–Crippen LogP) is 1.23. The molecule has 1 aliphatic carbocycles. The molecule has 1 aliphatic heterocycles. The van der Waals surface area contributed by atoms with Gasteiger partial charge in [-0.15, -0.1) is 0 Å². The summed E-state index contributed by atoms with van der Waals surface area (Å²) < 4.78 is 5.18. The number of amides is 2. The van der Waals surface area contributed by atoms with Gasteiger partial charge in [-0.3, -0.25) is 19.3 Å². The van der Waals surface area contributed by atoms with Gasteiger partial charge in [0.2, 0.25) is 11.8 Å². The van der Waals surface area contributed by atoms with Crippen LogP contribution in [-0.2, 0) is 16.1 Å². The summed E-state index contributed by atoms with van der Waals surface area (Å²) in [7, 11) is 0. The number of fused-ring (bicyclic) bond motifs is 1. The zero-order chi connectivity index (χ0) is 13.1. The fourth-order valence-electron chi connectivity index (χ4n) is 2.86. The van der Waals surface area contributed by atoms with E-state index in [1.807, 2.05) is 13.8 Å². The minimum Gasteiger partial charge on any atom is -0.456 e. The molecule has 18 heavy (non-hydrogen) atoms. The maximum Gasteiger partial charge on any atom is 0.234 e. The molecule has 1 aromatic rings. The molecule has 2 heterocycles. The summed E-state index contributed by atoms with van der Waals surface area (Å²) in [6, 6.07) is 3.14. The molecule has 0 spiro atoms. The predicted molar refractivity (Wildman–Crippen MR) is 60.4 cm³/mol. The summed E-state index contributed by atoms with van der Waals surface area (Å²) in [4.78, 5) is 35.8. The Hall–Kier alpha value is -1.91. The molecule has 1 saturated heterocycles. The lowest BCUT2D eigenvalue weighted by Gasteiger charge is -2.19. The Morgan fingerprint density at radius 2 is 1.89 bits per heavy atom. The molecule has 94 valence electrons. The highest BCUT2D eigenvalue weighted by atomic mass is 16.3. The molecule has 0 radical (unpaired) electrons. The smallest absolute Gasteiger partial charge is 0.234 e. The van der Waals surface area contributed by atoms with E-state index in [4.69, 9.17) is 4.42 Å². The Balaban J connectivity index is 1.78. The fourth-order valence-corrected chi connectivity index (χ4v) is 2.86. The van der Waals surface area contributed by atoms with Crippen LogP contribution in [0.3, 0.4) is 0 Å². The van der Waals surface area contributed by atoms with Crippen LogP contribution in [-0.4, -0.2) is 23.0 Å². The number of imide groups is 1. The Bertz CT molecular complexity index is 533. The molecule has 5 nitrogen and oxygen atoms in total. The number of likely N-dealkylation sites (tertiary alicyclic amines) is 1. The van der Waals surface area contributed by atoms with Crippen molar-refractivity contribution < 1.29 is 18.8 Å². The van der Waals surface area contributed by atoms with E-state index in [2.05, 4.69) is 0 Å². The lowest BCUT2D eigenvalue weighted by Crippen LogP contribution is -2.35. The highest BCUT2D eigenvalue weighted by molar-refractivity contribution is 6.10. The number of hydrogen-bond acceptors (Lipinski definition) is 4. The van der Waals surface area contributed by atoms with Crippen molar-refractivity contribution >= 4 is 18.1 Å². The zero-order valence-corrected chi connectivity index (χ0v) is 10.2. The van der Waals surface area contributed by atoms with E-state index in [0.29, 0.717) is 12.0 Å². The Morgan fingerprint density at radius 3 is 2.39 bits per heavy atom. The number of rotatable bonds is 3. The largest absolute Gasteiger partial charge is 0.456 e. The van der Waals surface area contributed by atoms with Gasteiger partial charge in [-0.25, -0.2) is 0 Å². The first-order valence-corrected chi connectivity index (χ1v) is 5.86. The molecule has 2 fully saturated rings. The lowest BCUT2D eigenvalue weighted by atomic mass is 10.1. The normalized spacial score (nSPS) is 28.4. The van der Waals surface area contributed by atoms with Crippen LogP contribution >= 0.6 is 0 Å². The van der Waals surface area contributed by atoms with Crippen molar-refractivity contribution in [1.82, 2.24) is 4.90 Å². The number of carbonyl (C=O) groups excluding carboxylic acids is 3. The van der Waals surface area contributed by atoms with E-state index in [9.17, 15) is 14.4 Å². The third-order valence-electron chi connectivity index (χ3n) is 4.00. The first-order chi connectivity index (χ1) is 8.46. The van der Waals surface area contributed by atoms with Gasteiger partial charge in [-0.2, -0.15) is 0 Å². The quantitative estimate of drug-likeness (QED) is 0.595. The number of nitrogens with zero attached hydrogens (tertiary/aromatic N) is 1. The second kappa shape index (κ2) is 3.31. The molecule has 2 unspecified atom stereocenters. The summed E-state index contributed by atoms with van der Waals surface area (Å²) in [6.07, 6.45) is 0.595. The van der Waals surface area contributed by atoms with Crippen molar-refractivity contribution in [2.75, 3.05) is 0 Å². The topological polar surface area (TPSA) is 67.6 Å². The monoisotopic (exact) mass is 247 g/mol. The number of aldehydes is 1. The van der Waals surface area contributed by atoms with Gasteiger partial charge in [0.15, 0.2) is 12.0 Å². The summed E-state index contributed by atoms with van der Waals surface area (Å²) in [5.41, 5.74) is -0.193. The van der Waals surface area contributed by atoms with Crippen LogP contribution in [0.25, 0.3) is 0 Å². The van der Waals surface area contributed by atoms with Crippen LogP contribution in [0.15, 0.2) is 16.5 Å². The molecule has 5 heteroatoms. The average Bonchev–Trinajstić information content (AvgIpc) is 2.66. The minimum absolute atomic E-state index is 0.120. The molecule has 0 aromatic carbocycles. The molecule has 2 atom stereocenters. The van der Waals surface area contributed by atoms with E-state index >= 15 is 0 Å². The number of furan rings is 1. The van der Waals surface area contributed by atoms with Crippen LogP contribution in [0.4, 0.5) is 0 Å². The summed E-state index contributed by atoms with van der Waals surface area (Å²) in [5.74, 6) is 0.0570. The van der Waals surface area contributed by atoms with Crippen molar-refractivity contribution in [3.63, 3.8) is 0 Å². The van der Waals surface area contributed by atoms with Crippen molar-refractivity contribution in [1.29, 1.82) is 0 Å².